The second kappa shape index (κ2) is 8.27. The number of carbonyl (C=O) groups excluding carboxylic acids is 1. The van der Waals surface area contributed by atoms with Gasteiger partial charge in [0.15, 0.2) is 11.0 Å². The third kappa shape index (κ3) is 3.80. The minimum Gasteiger partial charge on any atom is -0.495 e. The van der Waals surface area contributed by atoms with Crippen LogP contribution in [0.25, 0.3) is 16.4 Å². The largest absolute Gasteiger partial charge is 0.495 e. The van der Waals surface area contributed by atoms with E-state index in [4.69, 9.17) is 4.74 Å². The smallest absolute Gasteiger partial charge is 0.196 e. The zero-order valence-electron chi connectivity index (χ0n) is 15.1. The van der Waals surface area contributed by atoms with Gasteiger partial charge in [-0.15, -0.1) is 21.5 Å². The SMILES string of the molecule is COc1ccccc1-n1c(SC2CCCCCC2=O)nnc1-c1cccs1. The quantitative estimate of drug-likeness (QED) is 0.565. The summed E-state index contributed by atoms with van der Waals surface area (Å²) in [7, 11) is 1.66. The number of para-hydroxylation sites is 2. The molecule has 4 rings (SSSR count). The Hall–Kier alpha value is -2.12. The fraction of sp³-hybridized carbons (Fsp3) is 0.350. The lowest BCUT2D eigenvalue weighted by atomic mass is 10.2. The first-order valence-electron chi connectivity index (χ1n) is 9.10. The van der Waals surface area contributed by atoms with Crippen molar-refractivity contribution >= 4 is 28.9 Å². The molecule has 0 aliphatic heterocycles. The minimum absolute atomic E-state index is 0.0543. The summed E-state index contributed by atoms with van der Waals surface area (Å²) in [4.78, 5) is 13.6. The fourth-order valence-corrected chi connectivity index (χ4v) is 5.19. The molecule has 0 bridgehead atoms. The number of Topliss-reactive ketones (excluding diaryl/α,β-unsaturated/α-hetero) is 1. The average molecular weight is 400 g/mol. The van der Waals surface area contributed by atoms with Crippen LogP contribution in [0, 0.1) is 0 Å². The summed E-state index contributed by atoms with van der Waals surface area (Å²) in [5, 5.41) is 11.6. The van der Waals surface area contributed by atoms with E-state index in [1.54, 1.807) is 18.4 Å². The normalized spacial score (nSPS) is 17.7. The maximum atomic E-state index is 12.5. The van der Waals surface area contributed by atoms with Gasteiger partial charge >= 0.3 is 0 Å². The van der Waals surface area contributed by atoms with Crippen LogP contribution in [0.4, 0.5) is 0 Å². The van der Waals surface area contributed by atoms with Gasteiger partial charge in [-0.25, -0.2) is 0 Å². The van der Waals surface area contributed by atoms with Gasteiger partial charge in [0.25, 0.3) is 0 Å². The number of hydrogen-bond donors (Lipinski definition) is 0. The lowest BCUT2D eigenvalue weighted by molar-refractivity contribution is -0.118. The van der Waals surface area contributed by atoms with Gasteiger partial charge in [0.2, 0.25) is 0 Å². The molecule has 3 aromatic rings. The molecule has 1 unspecified atom stereocenters. The lowest BCUT2D eigenvalue weighted by Gasteiger charge is -2.16. The molecule has 2 heterocycles. The van der Waals surface area contributed by atoms with E-state index in [9.17, 15) is 4.79 Å². The Morgan fingerprint density at radius 3 is 2.85 bits per heavy atom. The second-order valence-electron chi connectivity index (χ2n) is 6.46. The van der Waals surface area contributed by atoms with Crippen molar-refractivity contribution in [2.45, 2.75) is 42.5 Å². The lowest BCUT2D eigenvalue weighted by Crippen LogP contribution is -2.16. The monoisotopic (exact) mass is 399 g/mol. The summed E-state index contributed by atoms with van der Waals surface area (Å²) in [6.07, 6.45) is 4.77. The van der Waals surface area contributed by atoms with Gasteiger partial charge in [0, 0.05) is 6.42 Å². The molecule has 0 N–H and O–H groups in total. The molecule has 1 aromatic carbocycles. The first-order chi connectivity index (χ1) is 13.3. The molecule has 1 aliphatic carbocycles. The molecule has 27 heavy (non-hydrogen) atoms. The van der Waals surface area contributed by atoms with Gasteiger partial charge in [-0.2, -0.15) is 0 Å². The van der Waals surface area contributed by atoms with Gasteiger partial charge in [-0.05, 0) is 36.4 Å². The molecule has 5 nitrogen and oxygen atoms in total. The first kappa shape index (κ1) is 18.3. The molecule has 2 aromatic heterocycles. The molecular weight excluding hydrogens is 378 g/mol. The second-order valence-corrected chi connectivity index (χ2v) is 8.58. The van der Waals surface area contributed by atoms with Gasteiger partial charge in [-0.1, -0.05) is 42.8 Å². The Morgan fingerprint density at radius 2 is 2.04 bits per heavy atom. The fourth-order valence-electron chi connectivity index (χ4n) is 3.32. The summed E-state index contributed by atoms with van der Waals surface area (Å²) in [5.74, 6) is 1.85. The molecule has 1 aliphatic rings. The van der Waals surface area contributed by atoms with Crippen molar-refractivity contribution in [1.29, 1.82) is 0 Å². The molecule has 0 amide bonds. The Morgan fingerprint density at radius 1 is 1.15 bits per heavy atom. The summed E-state index contributed by atoms with van der Waals surface area (Å²) < 4.78 is 7.60. The number of nitrogens with zero attached hydrogens (tertiary/aromatic N) is 3. The highest BCUT2D eigenvalue weighted by molar-refractivity contribution is 8.00. The predicted molar refractivity (Wildman–Crippen MR) is 109 cm³/mol. The van der Waals surface area contributed by atoms with Gasteiger partial charge in [0.1, 0.15) is 11.5 Å². The average Bonchev–Trinajstić information content (AvgIpc) is 3.31. The summed E-state index contributed by atoms with van der Waals surface area (Å²) in [6, 6.07) is 11.9. The van der Waals surface area contributed by atoms with E-state index in [2.05, 4.69) is 10.2 Å². The van der Waals surface area contributed by atoms with Crippen LogP contribution in [0.3, 0.4) is 0 Å². The van der Waals surface area contributed by atoms with E-state index in [1.807, 2.05) is 46.3 Å². The number of aromatic nitrogens is 3. The van der Waals surface area contributed by atoms with Crippen molar-refractivity contribution in [1.82, 2.24) is 14.8 Å². The van der Waals surface area contributed by atoms with Crippen LogP contribution in [0.1, 0.15) is 32.1 Å². The maximum absolute atomic E-state index is 12.5. The molecule has 140 valence electrons. The van der Waals surface area contributed by atoms with Gasteiger partial charge < -0.3 is 4.74 Å². The van der Waals surface area contributed by atoms with Gasteiger partial charge in [0.05, 0.1) is 22.9 Å². The Balaban J connectivity index is 1.79. The number of carbonyl (C=O) groups is 1. The van der Waals surface area contributed by atoms with Crippen molar-refractivity contribution in [2.75, 3.05) is 7.11 Å². The Labute approximate surface area is 166 Å². The molecule has 0 spiro atoms. The van der Waals surface area contributed by atoms with Crippen molar-refractivity contribution < 1.29 is 9.53 Å². The molecular formula is C20H21N3O2S2. The molecule has 1 fully saturated rings. The van der Waals surface area contributed by atoms with Crippen LogP contribution < -0.4 is 4.74 Å². The van der Waals surface area contributed by atoms with Crippen LogP contribution in [-0.4, -0.2) is 32.9 Å². The molecule has 7 heteroatoms. The van der Waals surface area contributed by atoms with E-state index >= 15 is 0 Å². The van der Waals surface area contributed by atoms with Crippen molar-refractivity contribution in [3.05, 3.63) is 41.8 Å². The Bertz CT molecular complexity index is 921. The van der Waals surface area contributed by atoms with Crippen molar-refractivity contribution in [3.63, 3.8) is 0 Å². The maximum Gasteiger partial charge on any atom is 0.196 e. The predicted octanol–water partition coefficient (Wildman–Crippen LogP) is 5.00. The third-order valence-corrected chi connectivity index (χ3v) is 6.82. The number of thioether (sulfide) groups is 1. The van der Waals surface area contributed by atoms with E-state index in [1.165, 1.54) is 11.8 Å². The first-order valence-corrected chi connectivity index (χ1v) is 10.9. The van der Waals surface area contributed by atoms with Crippen LogP contribution >= 0.6 is 23.1 Å². The van der Waals surface area contributed by atoms with Gasteiger partial charge in [-0.3, -0.25) is 9.36 Å². The molecule has 0 radical (unpaired) electrons. The van der Waals surface area contributed by atoms with Crippen LogP contribution in [-0.2, 0) is 4.79 Å². The minimum atomic E-state index is -0.0543. The van der Waals surface area contributed by atoms with Crippen LogP contribution in [0.15, 0.2) is 46.9 Å². The van der Waals surface area contributed by atoms with E-state index < -0.39 is 0 Å². The summed E-state index contributed by atoms with van der Waals surface area (Å²) in [6.45, 7) is 0. The van der Waals surface area contributed by atoms with Crippen molar-refractivity contribution in [2.24, 2.45) is 0 Å². The highest BCUT2D eigenvalue weighted by atomic mass is 32.2. The molecule has 1 atom stereocenters. The number of methoxy groups -OCH3 is 1. The number of benzene rings is 1. The molecule has 0 saturated heterocycles. The highest BCUT2D eigenvalue weighted by Crippen LogP contribution is 2.37. The number of thiophene rings is 1. The summed E-state index contributed by atoms with van der Waals surface area (Å²) >= 11 is 3.15. The number of ether oxygens (including phenoxy) is 1. The van der Waals surface area contributed by atoms with E-state index in [0.717, 1.165) is 53.0 Å². The van der Waals surface area contributed by atoms with Crippen LogP contribution in [0.5, 0.6) is 5.75 Å². The van der Waals surface area contributed by atoms with Crippen LogP contribution in [0.2, 0.25) is 0 Å². The van der Waals surface area contributed by atoms with E-state index in [-0.39, 0.29) is 5.25 Å². The number of hydrogen-bond acceptors (Lipinski definition) is 6. The summed E-state index contributed by atoms with van der Waals surface area (Å²) in [5.41, 5.74) is 0.886. The molecule has 1 saturated carbocycles. The third-order valence-electron chi connectivity index (χ3n) is 4.70. The standard InChI is InChI=1S/C20H21N3O2S2/c1-25-16-10-6-5-8-14(16)23-19(18-12-7-13-26-18)21-22-20(23)27-17-11-4-2-3-9-15(17)24/h5-8,10,12-13,17H,2-4,9,11H2,1H3. The number of ketones is 1. The van der Waals surface area contributed by atoms with E-state index in [0.29, 0.717) is 12.2 Å². The zero-order valence-corrected chi connectivity index (χ0v) is 16.8. The highest BCUT2D eigenvalue weighted by Gasteiger charge is 2.27. The number of rotatable bonds is 5. The Kier molecular flexibility index (Phi) is 5.59. The zero-order chi connectivity index (χ0) is 18.6. The van der Waals surface area contributed by atoms with Crippen molar-refractivity contribution in [3.8, 4) is 22.1 Å². The topological polar surface area (TPSA) is 57.0 Å².